The van der Waals surface area contributed by atoms with Gasteiger partial charge in [0.2, 0.25) is 5.95 Å². The van der Waals surface area contributed by atoms with E-state index in [1.54, 1.807) is 20.8 Å². The molecule has 1 amide bonds. The van der Waals surface area contributed by atoms with Crippen molar-refractivity contribution in [1.82, 2.24) is 30.0 Å². The molecule has 0 fully saturated rings. The number of halogens is 1. The van der Waals surface area contributed by atoms with Crippen molar-refractivity contribution < 1.29 is 23.8 Å². The molecule has 27 heavy (non-hydrogen) atoms. The van der Waals surface area contributed by atoms with E-state index in [0.717, 1.165) is 10.9 Å². The number of carbonyl (C=O) groups is 2. The van der Waals surface area contributed by atoms with Crippen LogP contribution >= 0.6 is 0 Å². The molecule has 0 atom stereocenters. The van der Waals surface area contributed by atoms with Crippen LogP contribution < -0.4 is 10.6 Å². The van der Waals surface area contributed by atoms with Crippen molar-refractivity contribution in [1.29, 1.82) is 0 Å². The number of carbonyl (C=O) groups excluding carboxylic acids is 1. The number of hydrogen-bond acceptors (Lipinski definition) is 8. The van der Waals surface area contributed by atoms with Gasteiger partial charge >= 0.3 is 12.1 Å². The van der Waals surface area contributed by atoms with Crippen molar-refractivity contribution >= 4 is 18.0 Å². The molecule has 0 aliphatic carbocycles. The number of aryl methyl sites for hydroxylation is 1. The van der Waals surface area contributed by atoms with Gasteiger partial charge in [-0.1, -0.05) is 0 Å². The minimum absolute atomic E-state index is 0.0733. The predicted molar refractivity (Wildman–Crippen MR) is 91.3 cm³/mol. The van der Waals surface area contributed by atoms with Gasteiger partial charge in [-0.25, -0.2) is 23.9 Å². The van der Waals surface area contributed by atoms with Crippen molar-refractivity contribution in [2.24, 2.45) is 0 Å². The van der Waals surface area contributed by atoms with E-state index in [1.165, 1.54) is 6.92 Å². The maximum atomic E-state index is 14.0. The van der Waals surface area contributed by atoms with Crippen molar-refractivity contribution in [3.05, 3.63) is 23.7 Å². The normalized spacial score (nSPS) is 11.1. The molecule has 0 saturated carbocycles. The van der Waals surface area contributed by atoms with Gasteiger partial charge in [-0.05, 0) is 27.7 Å². The molecule has 2 rings (SSSR count). The molecule has 0 aliphatic rings. The van der Waals surface area contributed by atoms with Crippen LogP contribution in [-0.4, -0.2) is 60.6 Å². The average Bonchev–Trinajstić information content (AvgIpc) is 2.93. The number of aromatic nitrogens is 5. The zero-order valence-corrected chi connectivity index (χ0v) is 15.3. The van der Waals surface area contributed by atoms with Crippen molar-refractivity contribution in [3.63, 3.8) is 0 Å². The third-order valence-corrected chi connectivity index (χ3v) is 2.96. The topological polar surface area (TPSA) is 144 Å². The van der Waals surface area contributed by atoms with E-state index in [0.29, 0.717) is 0 Å². The third-order valence-electron chi connectivity index (χ3n) is 2.96. The summed E-state index contributed by atoms with van der Waals surface area (Å²) < 4.78 is 20.1. The summed E-state index contributed by atoms with van der Waals surface area (Å²) in [4.78, 5) is 34.0. The number of nitrogens with one attached hydrogen (secondary N) is 2. The van der Waals surface area contributed by atoms with Crippen LogP contribution in [0.15, 0.2) is 6.20 Å². The van der Waals surface area contributed by atoms with Crippen molar-refractivity contribution in [2.45, 2.75) is 33.3 Å². The standard InChI is InChI=1S/C15H20FN7O4/c1-8-20-10(12(24)25)22-23(8)11-9(16)7-19-13(21-11)17-5-6-18-14(26)27-15(2,3)4/h7H,5-6H2,1-4H3,(H,18,26)(H,24,25)(H,17,19,21). The number of hydrogen-bond donors (Lipinski definition) is 3. The summed E-state index contributed by atoms with van der Waals surface area (Å²) in [6.07, 6.45) is 0.359. The van der Waals surface area contributed by atoms with E-state index < -0.39 is 29.3 Å². The lowest BCUT2D eigenvalue weighted by Crippen LogP contribution is -2.35. The van der Waals surface area contributed by atoms with Gasteiger partial charge in [-0.3, -0.25) is 0 Å². The summed E-state index contributed by atoms with van der Waals surface area (Å²) in [5, 5.41) is 18.0. The summed E-state index contributed by atoms with van der Waals surface area (Å²) in [6.45, 7) is 7.19. The summed E-state index contributed by atoms with van der Waals surface area (Å²) in [7, 11) is 0. The van der Waals surface area contributed by atoms with Crippen LogP contribution in [0.4, 0.5) is 15.1 Å². The molecule has 0 spiro atoms. The predicted octanol–water partition coefficient (Wildman–Crippen LogP) is 1.14. The Morgan fingerprint density at radius 1 is 1.30 bits per heavy atom. The molecule has 146 valence electrons. The monoisotopic (exact) mass is 381 g/mol. The van der Waals surface area contributed by atoms with Gasteiger partial charge in [0, 0.05) is 13.1 Å². The maximum Gasteiger partial charge on any atom is 0.407 e. The number of aromatic carboxylic acids is 1. The highest BCUT2D eigenvalue weighted by atomic mass is 19.1. The lowest BCUT2D eigenvalue weighted by atomic mass is 10.2. The molecule has 0 aromatic carbocycles. The van der Waals surface area contributed by atoms with E-state index in [4.69, 9.17) is 9.84 Å². The van der Waals surface area contributed by atoms with Crippen molar-refractivity contribution in [2.75, 3.05) is 18.4 Å². The first-order chi connectivity index (χ1) is 12.6. The number of ether oxygens (including phenoxy) is 1. The average molecular weight is 381 g/mol. The third kappa shape index (κ3) is 5.59. The van der Waals surface area contributed by atoms with Crippen LogP contribution in [0.25, 0.3) is 5.82 Å². The highest BCUT2D eigenvalue weighted by Gasteiger charge is 2.18. The summed E-state index contributed by atoms with van der Waals surface area (Å²) in [5.74, 6) is -2.62. The Morgan fingerprint density at radius 2 is 2.00 bits per heavy atom. The Balaban J connectivity index is 2.01. The highest BCUT2D eigenvalue weighted by molar-refractivity contribution is 5.83. The molecule has 0 unspecified atom stereocenters. The molecule has 3 N–H and O–H groups in total. The number of carboxylic acids is 1. The van der Waals surface area contributed by atoms with Crippen LogP contribution in [0, 0.1) is 12.7 Å². The Hall–Kier alpha value is -3.31. The van der Waals surface area contributed by atoms with E-state index >= 15 is 0 Å². The molecular weight excluding hydrogens is 361 g/mol. The van der Waals surface area contributed by atoms with E-state index in [1.807, 2.05) is 0 Å². The first kappa shape index (κ1) is 20.0. The maximum absolute atomic E-state index is 14.0. The van der Waals surface area contributed by atoms with E-state index in [9.17, 15) is 14.0 Å². The fourth-order valence-corrected chi connectivity index (χ4v) is 1.93. The van der Waals surface area contributed by atoms with Gasteiger partial charge in [-0.15, -0.1) is 5.10 Å². The molecule has 12 heteroatoms. The number of anilines is 1. The second-order valence-corrected chi connectivity index (χ2v) is 6.42. The lowest BCUT2D eigenvalue weighted by Gasteiger charge is -2.19. The van der Waals surface area contributed by atoms with E-state index in [-0.39, 0.29) is 30.7 Å². The zero-order valence-electron chi connectivity index (χ0n) is 15.3. The minimum atomic E-state index is -1.34. The van der Waals surface area contributed by atoms with Gasteiger partial charge in [0.25, 0.3) is 5.82 Å². The van der Waals surface area contributed by atoms with Crippen LogP contribution in [0.2, 0.25) is 0 Å². The van der Waals surface area contributed by atoms with Gasteiger partial charge < -0.3 is 20.5 Å². The Kier molecular flexibility index (Phi) is 5.88. The van der Waals surface area contributed by atoms with Crippen LogP contribution in [-0.2, 0) is 4.74 Å². The number of rotatable bonds is 6. The fraction of sp³-hybridized carbons (Fsp3) is 0.467. The number of carboxylic acid groups (broad SMARTS) is 1. The van der Waals surface area contributed by atoms with Crippen LogP contribution in [0.5, 0.6) is 0 Å². The smallest absolute Gasteiger partial charge is 0.407 e. The molecule has 0 saturated heterocycles. The van der Waals surface area contributed by atoms with Gasteiger partial charge in [0.1, 0.15) is 11.4 Å². The molecule has 2 aromatic heterocycles. The second-order valence-electron chi connectivity index (χ2n) is 6.42. The first-order valence-electron chi connectivity index (χ1n) is 7.97. The molecule has 0 aliphatic heterocycles. The Labute approximate surface area is 154 Å². The van der Waals surface area contributed by atoms with Gasteiger partial charge in [0.05, 0.1) is 6.20 Å². The zero-order chi connectivity index (χ0) is 20.2. The summed E-state index contributed by atoms with van der Waals surface area (Å²) >= 11 is 0. The molecule has 2 aromatic rings. The lowest BCUT2D eigenvalue weighted by molar-refractivity contribution is 0.0529. The van der Waals surface area contributed by atoms with Gasteiger partial charge in [-0.2, -0.15) is 9.67 Å². The Morgan fingerprint density at radius 3 is 2.59 bits per heavy atom. The highest BCUT2D eigenvalue weighted by Crippen LogP contribution is 2.13. The second kappa shape index (κ2) is 7.93. The molecule has 11 nitrogen and oxygen atoms in total. The summed E-state index contributed by atoms with van der Waals surface area (Å²) in [6, 6.07) is 0. The fourth-order valence-electron chi connectivity index (χ4n) is 1.93. The molecule has 0 bridgehead atoms. The van der Waals surface area contributed by atoms with E-state index in [2.05, 4.69) is 30.7 Å². The molecule has 0 radical (unpaired) electrons. The van der Waals surface area contributed by atoms with Crippen LogP contribution in [0.1, 0.15) is 37.2 Å². The van der Waals surface area contributed by atoms with Crippen molar-refractivity contribution in [3.8, 4) is 5.82 Å². The molecular formula is C15H20FN7O4. The van der Waals surface area contributed by atoms with Crippen LogP contribution in [0.3, 0.4) is 0 Å². The van der Waals surface area contributed by atoms with Gasteiger partial charge in [0.15, 0.2) is 11.6 Å². The number of nitrogens with zero attached hydrogens (tertiary/aromatic N) is 5. The SMILES string of the molecule is Cc1nc(C(=O)O)nn1-c1nc(NCCNC(=O)OC(C)(C)C)ncc1F. The molecule has 2 heterocycles. The first-order valence-corrected chi connectivity index (χ1v) is 7.97. The Bertz CT molecular complexity index is 847. The largest absolute Gasteiger partial charge is 0.475 e. The number of amides is 1. The number of alkyl carbamates (subject to hydrolysis) is 1. The minimum Gasteiger partial charge on any atom is -0.475 e. The quantitative estimate of drug-likeness (QED) is 0.627. The summed E-state index contributed by atoms with van der Waals surface area (Å²) in [5.41, 5.74) is -0.600.